The van der Waals surface area contributed by atoms with Crippen LogP contribution in [-0.4, -0.2) is 36.0 Å². The average Bonchev–Trinajstić information content (AvgIpc) is 2.50. The molecule has 1 saturated heterocycles. The Hall–Kier alpha value is -1.59. The fourth-order valence-corrected chi connectivity index (χ4v) is 1.48. The first-order valence-corrected chi connectivity index (χ1v) is 4.36. The van der Waals surface area contributed by atoms with Crippen LogP contribution in [0.25, 0.3) is 0 Å². The van der Waals surface area contributed by atoms with Gasteiger partial charge in [-0.1, -0.05) is 0 Å². The molecule has 0 aromatic heterocycles. The van der Waals surface area contributed by atoms with Gasteiger partial charge in [-0.15, -0.1) is 0 Å². The highest BCUT2D eigenvalue weighted by atomic mass is 16.4. The lowest BCUT2D eigenvalue weighted by molar-refractivity contribution is -0.122. The molecule has 1 unspecified atom stereocenters. The smallest absolute Gasteiger partial charge is 0.405 e. The maximum atomic E-state index is 11.1. The van der Waals surface area contributed by atoms with Crippen molar-refractivity contribution in [2.24, 2.45) is 5.92 Å². The quantitative estimate of drug-likeness (QED) is 0.525. The van der Waals surface area contributed by atoms with Gasteiger partial charge in [-0.05, 0) is 12.8 Å². The molecule has 0 aromatic rings. The topological polar surface area (TPSA) is 95.5 Å². The lowest BCUT2D eigenvalue weighted by atomic mass is 9.99. The number of rotatable bonds is 4. The number of amides is 2. The summed E-state index contributed by atoms with van der Waals surface area (Å²) < 4.78 is 0. The maximum absolute atomic E-state index is 11.1. The molecule has 6 nitrogen and oxygen atoms in total. The minimum atomic E-state index is -1.25. The summed E-state index contributed by atoms with van der Waals surface area (Å²) in [5.74, 6) is -0.360. The van der Waals surface area contributed by atoms with Crippen LogP contribution in [-0.2, 0) is 9.59 Å². The van der Waals surface area contributed by atoms with Crippen molar-refractivity contribution in [1.29, 1.82) is 0 Å². The minimum absolute atomic E-state index is 0.107. The van der Waals surface area contributed by atoms with E-state index in [-0.39, 0.29) is 18.2 Å². The monoisotopic (exact) mass is 200 g/mol. The Labute approximate surface area is 80.7 Å². The predicted octanol–water partition coefficient (Wildman–Crippen LogP) is -0.652. The van der Waals surface area contributed by atoms with E-state index in [1.807, 2.05) is 5.32 Å². The SMILES string of the molecule is O=CC(C[C@@H]1CCNC1=O)NC(=O)O. The summed E-state index contributed by atoms with van der Waals surface area (Å²) in [7, 11) is 0. The second kappa shape index (κ2) is 4.59. The van der Waals surface area contributed by atoms with Crippen LogP contribution in [0.3, 0.4) is 0 Å². The molecule has 0 spiro atoms. The van der Waals surface area contributed by atoms with E-state index < -0.39 is 12.1 Å². The zero-order valence-electron chi connectivity index (χ0n) is 7.53. The maximum Gasteiger partial charge on any atom is 0.405 e. The molecule has 1 fully saturated rings. The van der Waals surface area contributed by atoms with Gasteiger partial charge in [0.15, 0.2) is 0 Å². The second-order valence-corrected chi connectivity index (χ2v) is 3.20. The number of carbonyl (C=O) groups excluding carboxylic acids is 2. The summed E-state index contributed by atoms with van der Waals surface area (Å²) in [6, 6.07) is -0.790. The fourth-order valence-electron chi connectivity index (χ4n) is 1.48. The van der Waals surface area contributed by atoms with Gasteiger partial charge in [-0.25, -0.2) is 4.79 Å². The lowest BCUT2D eigenvalue weighted by Crippen LogP contribution is -2.37. The van der Waals surface area contributed by atoms with E-state index >= 15 is 0 Å². The van der Waals surface area contributed by atoms with E-state index in [0.29, 0.717) is 19.3 Å². The Morgan fingerprint density at radius 3 is 2.93 bits per heavy atom. The molecule has 0 bridgehead atoms. The first kappa shape index (κ1) is 10.5. The summed E-state index contributed by atoms with van der Waals surface area (Å²) in [5.41, 5.74) is 0. The molecule has 1 aliphatic heterocycles. The molecule has 0 radical (unpaired) electrons. The van der Waals surface area contributed by atoms with Crippen molar-refractivity contribution in [2.75, 3.05) is 6.54 Å². The van der Waals surface area contributed by atoms with Crippen LogP contribution < -0.4 is 10.6 Å². The van der Waals surface area contributed by atoms with Gasteiger partial charge in [0.05, 0.1) is 6.04 Å². The Balaban J connectivity index is 2.43. The summed E-state index contributed by atoms with van der Waals surface area (Å²) in [5, 5.41) is 13.1. The van der Waals surface area contributed by atoms with E-state index in [4.69, 9.17) is 5.11 Å². The highest BCUT2D eigenvalue weighted by Gasteiger charge is 2.27. The summed E-state index contributed by atoms with van der Waals surface area (Å²) in [6.07, 6.45) is 0.159. The van der Waals surface area contributed by atoms with Crippen molar-refractivity contribution in [3.8, 4) is 0 Å². The van der Waals surface area contributed by atoms with Gasteiger partial charge in [0, 0.05) is 12.5 Å². The molecule has 1 heterocycles. The first-order valence-electron chi connectivity index (χ1n) is 4.36. The Morgan fingerprint density at radius 1 is 1.79 bits per heavy atom. The highest BCUT2D eigenvalue weighted by Crippen LogP contribution is 2.15. The van der Waals surface area contributed by atoms with Crippen molar-refractivity contribution in [2.45, 2.75) is 18.9 Å². The van der Waals surface area contributed by atoms with Gasteiger partial charge in [-0.3, -0.25) is 4.79 Å². The lowest BCUT2D eigenvalue weighted by Gasteiger charge is -2.12. The van der Waals surface area contributed by atoms with Gasteiger partial charge in [0.2, 0.25) is 5.91 Å². The van der Waals surface area contributed by atoms with Crippen LogP contribution in [0.1, 0.15) is 12.8 Å². The van der Waals surface area contributed by atoms with Crippen LogP contribution in [0.5, 0.6) is 0 Å². The fraction of sp³-hybridized carbons (Fsp3) is 0.625. The van der Waals surface area contributed by atoms with Gasteiger partial charge in [-0.2, -0.15) is 0 Å². The third-order valence-electron chi connectivity index (χ3n) is 2.17. The van der Waals surface area contributed by atoms with Crippen molar-refractivity contribution < 1.29 is 19.5 Å². The molecule has 0 saturated carbocycles. The molecule has 3 N–H and O–H groups in total. The zero-order chi connectivity index (χ0) is 10.6. The van der Waals surface area contributed by atoms with Crippen molar-refractivity contribution >= 4 is 18.3 Å². The van der Waals surface area contributed by atoms with E-state index in [0.717, 1.165) is 0 Å². The van der Waals surface area contributed by atoms with Gasteiger partial charge >= 0.3 is 6.09 Å². The van der Waals surface area contributed by atoms with E-state index in [9.17, 15) is 14.4 Å². The number of hydrogen-bond donors (Lipinski definition) is 3. The van der Waals surface area contributed by atoms with Crippen molar-refractivity contribution in [3.63, 3.8) is 0 Å². The molecule has 2 amide bonds. The molecular weight excluding hydrogens is 188 g/mol. The molecular formula is C8H12N2O4. The second-order valence-electron chi connectivity index (χ2n) is 3.20. The third-order valence-corrected chi connectivity index (χ3v) is 2.17. The van der Waals surface area contributed by atoms with Gasteiger partial charge < -0.3 is 20.5 Å². The Kier molecular flexibility index (Phi) is 3.44. The van der Waals surface area contributed by atoms with Crippen molar-refractivity contribution in [3.05, 3.63) is 0 Å². The average molecular weight is 200 g/mol. The molecule has 78 valence electrons. The Morgan fingerprint density at radius 2 is 2.50 bits per heavy atom. The number of nitrogens with one attached hydrogen (secondary N) is 2. The third kappa shape index (κ3) is 2.72. The normalized spacial score (nSPS) is 22.6. The number of carbonyl (C=O) groups is 3. The standard InChI is InChI=1S/C8H12N2O4/c11-4-6(10-8(13)14)3-5-1-2-9-7(5)12/h4-6,10H,1-3H2,(H,9,12)(H,13,14)/t5-,6?/m0/s1. The predicted molar refractivity (Wildman–Crippen MR) is 46.7 cm³/mol. The highest BCUT2D eigenvalue weighted by molar-refractivity contribution is 5.81. The van der Waals surface area contributed by atoms with Crippen LogP contribution in [0, 0.1) is 5.92 Å². The largest absolute Gasteiger partial charge is 0.465 e. The van der Waals surface area contributed by atoms with Crippen LogP contribution in [0.4, 0.5) is 4.79 Å². The molecule has 6 heteroatoms. The van der Waals surface area contributed by atoms with Crippen LogP contribution >= 0.6 is 0 Å². The van der Waals surface area contributed by atoms with Crippen molar-refractivity contribution in [1.82, 2.24) is 10.6 Å². The molecule has 0 aromatic carbocycles. The molecule has 1 rings (SSSR count). The number of hydrogen-bond acceptors (Lipinski definition) is 3. The minimum Gasteiger partial charge on any atom is -0.465 e. The van der Waals surface area contributed by atoms with E-state index in [1.54, 1.807) is 0 Å². The molecule has 2 atom stereocenters. The number of aldehydes is 1. The summed E-state index contributed by atoms with van der Waals surface area (Å²) in [4.78, 5) is 31.8. The first-order chi connectivity index (χ1) is 6.63. The van der Waals surface area contributed by atoms with Gasteiger partial charge in [0.25, 0.3) is 0 Å². The van der Waals surface area contributed by atoms with Crippen LogP contribution in [0.2, 0.25) is 0 Å². The molecule has 0 aliphatic carbocycles. The molecule has 14 heavy (non-hydrogen) atoms. The van der Waals surface area contributed by atoms with Gasteiger partial charge in [0.1, 0.15) is 6.29 Å². The van der Waals surface area contributed by atoms with E-state index in [1.165, 1.54) is 0 Å². The van der Waals surface area contributed by atoms with E-state index in [2.05, 4.69) is 5.32 Å². The summed E-state index contributed by atoms with van der Waals surface area (Å²) >= 11 is 0. The number of carboxylic acid groups (broad SMARTS) is 1. The Bertz CT molecular complexity index is 254. The van der Waals surface area contributed by atoms with Crippen LogP contribution in [0.15, 0.2) is 0 Å². The molecule has 1 aliphatic rings. The summed E-state index contributed by atoms with van der Waals surface area (Å²) in [6.45, 7) is 0.599. The zero-order valence-corrected chi connectivity index (χ0v) is 7.53.